The van der Waals surface area contributed by atoms with E-state index in [0.29, 0.717) is 21.6 Å². The van der Waals surface area contributed by atoms with Crippen molar-refractivity contribution in [3.63, 3.8) is 0 Å². The van der Waals surface area contributed by atoms with Crippen LogP contribution in [-0.2, 0) is 0 Å². The Morgan fingerprint density at radius 3 is 2.52 bits per heavy atom. The lowest BCUT2D eigenvalue weighted by atomic mass is 10.0. The number of fused-ring (bicyclic) bond motifs is 1. The van der Waals surface area contributed by atoms with Crippen molar-refractivity contribution < 1.29 is 9.90 Å². The maximum Gasteiger partial charge on any atom is 0.336 e. The van der Waals surface area contributed by atoms with Gasteiger partial charge in [-0.3, -0.25) is 0 Å². The number of rotatable bonds is 2. The summed E-state index contributed by atoms with van der Waals surface area (Å²) in [4.78, 5) is 16.0. The molecule has 3 rings (SSSR count). The number of nitrogens with zero attached hydrogens (tertiary/aromatic N) is 1. The van der Waals surface area contributed by atoms with Crippen LogP contribution in [0, 0.1) is 6.92 Å². The molecule has 0 amide bonds. The summed E-state index contributed by atoms with van der Waals surface area (Å²) in [6.45, 7) is 2.00. The van der Waals surface area contributed by atoms with E-state index >= 15 is 0 Å². The number of carboxylic acids is 1. The molecule has 3 nitrogen and oxygen atoms in total. The van der Waals surface area contributed by atoms with Gasteiger partial charge in [0.1, 0.15) is 0 Å². The van der Waals surface area contributed by atoms with Crippen LogP contribution in [0.5, 0.6) is 0 Å². The number of pyridine rings is 1. The normalized spacial score (nSPS) is 10.8. The summed E-state index contributed by atoms with van der Waals surface area (Å²) in [6.07, 6.45) is 0. The van der Waals surface area contributed by atoms with Gasteiger partial charge in [0.05, 0.1) is 21.8 Å². The topological polar surface area (TPSA) is 50.2 Å². The highest BCUT2D eigenvalue weighted by molar-refractivity contribution is 6.35. The quantitative estimate of drug-likeness (QED) is 0.754. The van der Waals surface area contributed by atoms with Gasteiger partial charge in [-0.05, 0) is 19.1 Å². The van der Waals surface area contributed by atoms with E-state index in [4.69, 9.17) is 11.6 Å². The third-order valence-electron chi connectivity index (χ3n) is 3.37. The Morgan fingerprint density at radius 1 is 1.14 bits per heavy atom. The molecule has 2 aromatic carbocycles. The first-order chi connectivity index (χ1) is 10.1. The van der Waals surface area contributed by atoms with Crippen LogP contribution in [0.15, 0.2) is 48.5 Å². The third-order valence-corrected chi connectivity index (χ3v) is 3.67. The summed E-state index contributed by atoms with van der Waals surface area (Å²) in [7, 11) is 0. The third kappa shape index (κ3) is 2.48. The first-order valence-electron chi connectivity index (χ1n) is 6.46. The van der Waals surface area contributed by atoms with E-state index in [2.05, 4.69) is 4.98 Å². The molecule has 1 N–H and O–H groups in total. The van der Waals surface area contributed by atoms with Crippen LogP contribution in [0.3, 0.4) is 0 Å². The van der Waals surface area contributed by atoms with Crippen LogP contribution < -0.4 is 0 Å². The highest BCUT2D eigenvalue weighted by atomic mass is 35.5. The lowest BCUT2D eigenvalue weighted by Gasteiger charge is -2.08. The number of carbonyl (C=O) groups is 1. The molecule has 3 aromatic rings. The predicted octanol–water partition coefficient (Wildman–Crippen LogP) is 4.56. The molecule has 1 aromatic heterocycles. The Kier molecular flexibility index (Phi) is 3.35. The first-order valence-corrected chi connectivity index (χ1v) is 6.83. The van der Waals surface area contributed by atoms with Gasteiger partial charge in [-0.15, -0.1) is 0 Å². The Hall–Kier alpha value is -2.39. The van der Waals surface area contributed by atoms with Gasteiger partial charge in [0.25, 0.3) is 0 Å². The molecule has 0 atom stereocenters. The number of carboxylic acid groups (broad SMARTS) is 1. The summed E-state index contributed by atoms with van der Waals surface area (Å²) in [6, 6.07) is 14.5. The van der Waals surface area contributed by atoms with Crippen LogP contribution >= 0.6 is 11.6 Å². The van der Waals surface area contributed by atoms with E-state index in [1.54, 1.807) is 24.3 Å². The molecule has 0 spiro atoms. The Balaban J connectivity index is 2.32. The lowest BCUT2D eigenvalue weighted by Crippen LogP contribution is -2.00. The van der Waals surface area contributed by atoms with Crippen molar-refractivity contribution >= 4 is 28.5 Å². The van der Waals surface area contributed by atoms with Gasteiger partial charge in [0, 0.05) is 10.9 Å². The summed E-state index contributed by atoms with van der Waals surface area (Å²) in [5.41, 5.74) is 3.32. The summed E-state index contributed by atoms with van der Waals surface area (Å²) >= 11 is 6.16. The predicted molar refractivity (Wildman–Crippen MR) is 83.9 cm³/mol. The molecule has 1 heterocycles. The second-order valence-corrected chi connectivity index (χ2v) is 5.27. The average molecular weight is 298 g/mol. The fraction of sp³-hybridized carbons (Fsp3) is 0.0588. The minimum absolute atomic E-state index is 0.207. The van der Waals surface area contributed by atoms with Crippen molar-refractivity contribution in [1.29, 1.82) is 0 Å². The minimum Gasteiger partial charge on any atom is -0.478 e. The molecular weight excluding hydrogens is 286 g/mol. The van der Waals surface area contributed by atoms with E-state index < -0.39 is 5.97 Å². The highest BCUT2D eigenvalue weighted by Gasteiger charge is 2.14. The zero-order valence-corrected chi connectivity index (χ0v) is 12.1. The second-order valence-electron chi connectivity index (χ2n) is 4.86. The molecule has 0 fully saturated rings. The zero-order valence-electron chi connectivity index (χ0n) is 11.3. The van der Waals surface area contributed by atoms with Crippen molar-refractivity contribution in [2.75, 3.05) is 0 Å². The number of hydrogen-bond donors (Lipinski definition) is 1. The monoisotopic (exact) mass is 297 g/mol. The van der Waals surface area contributed by atoms with E-state index in [1.807, 2.05) is 31.2 Å². The van der Waals surface area contributed by atoms with Crippen molar-refractivity contribution in [2.45, 2.75) is 6.92 Å². The molecule has 0 saturated carbocycles. The lowest BCUT2D eigenvalue weighted by molar-refractivity contribution is 0.0699. The minimum atomic E-state index is -0.988. The van der Waals surface area contributed by atoms with Gasteiger partial charge in [-0.25, -0.2) is 9.78 Å². The molecular formula is C17H12ClNO2. The summed E-state index contributed by atoms with van der Waals surface area (Å²) < 4.78 is 0. The molecule has 0 aliphatic heterocycles. The number of halogens is 1. The maximum absolute atomic E-state index is 11.5. The molecule has 0 aliphatic rings. The molecule has 0 saturated heterocycles. The molecule has 0 radical (unpaired) electrons. The van der Waals surface area contributed by atoms with Crippen LogP contribution in [0.25, 0.3) is 22.2 Å². The molecule has 0 bridgehead atoms. The molecule has 21 heavy (non-hydrogen) atoms. The van der Waals surface area contributed by atoms with Crippen LogP contribution in [-0.4, -0.2) is 16.1 Å². The molecule has 4 heteroatoms. The number of benzene rings is 2. The van der Waals surface area contributed by atoms with Crippen molar-refractivity contribution in [1.82, 2.24) is 4.98 Å². The van der Waals surface area contributed by atoms with Gasteiger partial charge in [0.2, 0.25) is 0 Å². The molecule has 104 valence electrons. The number of aryl methyl sites for hydroxylation is 1. The Morgan fingerprint density at radius 2 is 1.86 bits per heavy atom. The fourth-order valence-corrected chi connectivity index (χ4v) is 2.48. The van der Waals surface area contributed by atoms with Crippen LogP contribution in [0.4, 0.5) is 0 Å². The smallest absolute Gasteiger partial charge is 0.336 e. The molecule has 0 unspecified atom stereocenters. The molecule has 0 aliphatic carbocycles. The largest absolute Gasteiger partial charge is 0.478 e. The first kappa shape index (κ1) is 13.6. The van der Waals surface area contributed by atoms with Crippen molar-refractivity contribution in [3.8, 4) is 11.3 Å². The SMILES string of the molecule is Cc1ccc(-c2cc(C(=O)O)c3cccc(Cl)c3n2)cc1. The van der Waals surface area contributed by atoms with Gasteiger partial charge in [-0.2, -0.15) is 0 Å². The van der Waals surface area contributed by atoms with E-state index in [-0.39, 0.29) is 5.56 Å². The maximum atomic E-state index is 11.5. The number of aromatic nitrogens is 1. The second kappa shape index (κ2) is 5.19. The summed E-state index contributed by atoms with van der Waals surface area (Å²) in [5.74, 6) is -0.988. The van der Waals surface area contributed by atoms with Gasteiger partial charge in [0.15, 0.2) is 0 Å². The van der Waals surface area contributed by atoms with Crippen molar-refractivity contribution in [2.24, 2.45) is 0 Å². The van der Waals surface area contributed by atoms with Crippen LogP contribution in [0.1, 0.15) is 15.9 Å². The number of aromatic carboxylic acids is 1. The highest BCUT2D eigenvalue weighted by Crippen LogP contribution is 2.29. The standard InChI is InChI=1S/C17H12ClNO2/c1-10-5-7-11(8-6-10)15-9-13(17(20)21)12-3-2-4-14(18)16(12)19-15/h2-9H,1H3,(H,20,21). The Bertz CT molecular complexity index is 841. The van der Waals surface area contributed by atoms with E-state index in [1.165, 1.54) is 0 Å². The Labute approximate surface area is 126 Å². The van der Waals surface area contributed by atoms with E-state index in [9.17, 15) is 9.90 Å². The summed E-state index contributed by atoms with van der Waals surface area (Å²) in [5, 5.41) is 10.4. The van der Waals surface area contributed by atoms with Crippen LogP contribution in [0.2, 0.25) is 5.02 Å². The van der Waals surface area contributed by atoms with Gasteiger partial charge < -0.3 is 5.11 Å². The van der Waals surface area contributed by atoms with E-state index in [0.717, 1.165) is 11.1 Å². The number of para-hydroxylation sites is 1. The average Bonchev–Trinajstić information content (AvgIpc) is 2.47. The zero-order chi connectivity index (χ0) is 15.0. The van der Waals surface area contributed by atoms with Gasteiger partial charge in [-0.1, -0.05) is 53.6 Å². The fourth-order valence-electron chi connectivity index (χ4n) is 2.26. The number of hydrogen-bond acceptors (Lipinski definition) is 2. The van der Waals surface area contributed by atoms with Gasteiger partial charge >= 0.3 is 5.97 Å². The van der Waals surface area contributed by atoms with Crippen molar-refractivity contribution in [3.05, 3.63) is 64.7 Å².